The van der Waals surface area contributed by atoms with Crippen LogP contribution in [0.2, 0.25) is 5.02 Å². The topological polar surface area (TPSA) is 106 Å². The van der Waals surface area contributed by atoms with Gasteiger partial charge in [-0.25, -0.2) is 22.5 Å². The lowest BCUT2D eigenvalue weighted by Crippen LogP contribution is -2.23. The maximum absolute atomic E-state index is 13.1. The molecule has 0 aliphatic rings. The lowest BCUT2D eigenvalue weighted by atomic mass is 10.1. The first-order valence-corrected chi connectivity index (χ1v) is 11.9. The highest BCUT2D eigenvalue weighted by molar-refractivity contribution is 7.92. The van der Waals surface area contributed by atoms with Gasteiger partial charge >= 0.3 is 0 Å². The number of aromatic nitrogens is 3. The smallest absolute Gasteiger partial charge is 0.261 e. The Hall–Kier alpha value is -3.76. The Morgan fingerprint density at radius 2 is 1.71 bits per heavy atom. The van der Waals surface area contributed by atoms with E-state index in [1.165, 1.54) is 24.5 Å². The van der Waals surface area contributed by atoms with Crippen LogP contribution in [0.15, 0.2) is 84.3 Å². The number of amides is 1. The van der Waals surface area contributed by atoms with Crippen LogP contribution >= 0.6 is 11.6 Å². The van der Waals surface area contributed by atoms with Crippen molar-refractivity contribution < 1.29 is 17.6 Å². The summed E-state index contributed by atoms with van der Waals surface area (Å²) < 4.78 is 42.3. The number of sulfonamides is 1. The number of carbonyl (C=O) groups is 1. The van der Waals surface area contributed by atoms with Crippen molar-refractivity contribution in [3.8, 4) is 0 Å². The van der Waals surface area contributed by atoms with Crippen molar-refractivity contribution in [2.75, 3.05) is 4.72 Å². The predicted octanol–water partition coefficient (Wildman–Crippen LogP) is 3.85. The molecular formula is C23H19ClFN5O3S. The minimum Gasteiger partial charge on any atom is -0.348 e. The third kappa shape index (κ3) is 5.77. The number of benzene rings is 3. The van der Waals surface area contributed by atoms with Gasteiger partial charge in [0.25, 0.3) is 15.9 Å². The summed E-state index contributed by atoms with van der Waals surface area (Å²) in [6, 6.07) is 16.3. The van der Waals surface area contributed by atoms with Crippen molar-refractivity contribution >= 4 is 33.2 Å². The van der Waals surface area contributed by atoms with Gasteiger partial charge in [0.05, 0.1) is 22.2 Å². The molecule has 0 fully saturated rings. The third-order valence-electron chi connectivity index (χ3n) is 4.88. The van der Waals surface area contributed by atoms with Gasteiger partial charge in [0.15, 0.2) is 0 Å². The van der Waals surface area contributed by atoms with E-state index < -0.39 is 21.7 Å². The van der Waals surface area contributed by atoms with E-state index in [4.69, 9.17) is 11.6 Å². The van der Waals surface area contributed by atoms with Gasteiger partial charge in [0, 0.05) is 12.1 Å². The van der Waals surface area contributed by atoms with E-state index >= 15 is 0 Å². The van der Waals surface area contributed by atoms with Crippen molar-refractivity contribution in [1.82, 2.24) is 20.1 Å². The molecule has 0 aliphatic carbocycles. The molecule has 0 aliphatic heterocycles. The fourth-order valence-electron chi connectivity index (χ4n) is 3.11. The number of anilines is 1. The lowest BCUT2D eigenvalue weighted by molar-refractivity contribution is 0.0951. The van der Waals surface area contributed by atoms with Gasteiger partial charge in [-0.05, 0) is 53.6 Å². The monoisotopic (exact) mass is 499 g/mol. The van der Waals surface area contributed by atoms with Crippen LogP contribution in [0.5, 0.6) is 0 Å². The van der Waals surface area contributed by atoms with Gasteiger partial charge in [0.1, 0.15) is 18.5 Å². The van der Waals surface area contributed by atoms with Crippen molar-refractivity contribution in [1.29, 1.82) is 0 Å². The first kappa shape index (κ1) is 23.4. The van der Waals surface area contributed by atoms with Crippen LogP contribution in [-0.2, 0) is 23.1 Å². The molecule has 3 aromatic carbocycles. The third-order valence-corrected chi connectivity index (χ3v) is 6.59. The maximum atomic E-state index is 13.1. The Balaban J connectivity index is 1.41. The van der Waals surface area contributed by atoms with Crippen LogP contribution in [0.3, 0.4) is 0 Å². The zero-order chi connectivity index (χ0) is 24.1. The summed E-state index contributed by atoms with van der Waals surface area (Å²) in [7, 11) is -4.02. The summed E-state index contributed by atoms with van der Waals surface area (Å²) in [6.45, 7) is 0.871. The normalized spacial score (nSPS) is 11.2. The number of nitrogens with one attached hydrogen (secondary N) is 2. The molecule has 4 aromatic rings. The molecule has 11 heteroatoms. The molecule has 8 nitrogen and oxygen atoms in total. The van der Waals surface area contributed by atoms with E-state index in [1.54, 1.807) is 11.0 Å². The number of nitrogens with zero attached hydrogens (tertiary/aromatic N) is 3. The molecule has 174 valence electrons. The maximum Gasteiger partial charge on any atom is 0.261 e. The Morgan fingerprint density at radius 1 is 1.00 bits per heavy atom. The first-order valence-electron chi connectivity index (χ1n) is 10.1. The van der Waals surface area contributed by atoms with E-state index in [-0.39, 0.29) is 27.7 Å². The summed E-state index contributed by atoms with van der Waals surface area (Å²) in [4.78, 5) is 16.4. The molecule has 0 unspecified atom stereocenters. The Bertz CT molecular complexity index is 1390. The molecule has 1 amide bonds. The van der Waals surface area contributed by atoms with Gasteiger partial charge in [-0.3, -0.25) is 9.52 Å². The van der Waals surface area contributed by atoms with Crippen LogP contribution in [0.1, 0.15) is 21.5 Å². The summed E-state index contributed by atoms with van der Waals surface area (Å²) >= 11 is 6.13. The molecule has 2 N–H and O–H groups in total. The van der Waals surface area contributed by atoms with E-state index in [0.29, 0.717) is 6.54 Å². The Morgan fingerprint density at radius 3 is 2.38 bits per heavy atom. The zero-order valence-corrected chi connectivity index (χ0v) is 19.2. The van der Waals surface area contributed by atoms with Crippen molar-refractivity contribution in [3.05, 3.63) is 107 Å². The van der Waals surface area contributed by atoms with E-state index in [1.807, 2.05) is 24.3 Å². The van der Waals surface area contributed by atoms with Crippen LogP contribution in [-0.4, -0.2) is 29.1 Å². The SMILES string of the molecule is O=C(NCc1ccc(Cn2cncn2)cc1)c1ccc(Cl)c(NS(=O)(=O)c2ccc(F)cc2)c1. The van der Waals surface area contributed by atoms with Crippen LogP contribution < -0.4 is 10.0 Å². The van der Waals surface area contributed by atoms with Crippen molar-refractivity contribution in [2.24, 2.45) is 0 Å². The molecule has 0 spiro atoms. The number of hydrogen-bond acceptors (Lipinski definition) is 5. The molecule has 0 saturated carbocycles. The molecule has 4 rings (SSSR count). The highest BCUT2D eigenvalue weighted by Crippen LogP contribution is 2.26. The highest BCUT2D eigenvalue weighted by atomic mass is 35.5. The molecular weight excluding hydrogens is 481 g/mol. The number of carbonyl (C=O) groups excluding carboxylic acids is 1. The van der Waals surface area contributed by atoms with E-state index in [2.05, 4.69) is 20.1 Å². The average molecular weight is 500 g/mol. The van der Waals surface area contributed by atoms with Crippen LogP contribution in [0.4, 0.5) is 10.1 Å². The lowest BCUT2D eigenvalue weighted by Gasteiger charge is -2.12. The molecule has 0 bridgehead atoms. The highest BCUT2D eigenvalue weighted by Gasteiger charge is 2.17. The molecule has 34 heavy (non-hydrogen) atoms. The van der Waals surface area contributed by atoms with Crippen LogP contribution in [0.25, 0.3) is 0 Å². The second-order valence-corrected chi connectivity index (χ2v) is 9.44. The summed E-state index contributed by atoms with van der Waals surface area (Å²) in [5.74, 6) is -0.953. The first-order chi connectivity index (χ1) is 16.3. The summed E-state index contributed by atoms with van der Waals surface area (Å²) in [6.07, 6.45) is 3.11. The molecule has 1 heterocycles. The summed E-state index contributed by atoms with van der Waals surface area (Å²) in [5, 5.41) is 6.98. The van der Waals surface area contributed by atoms with E-state index in [9.17, 15) is 17.6 Å². The van der Waals surface area contributed by atoms with Crippen molar-refractivity contribution in [3.63, 3.8) is 0 Å². The van der Waals surface area contributed by atoms with Gasteiger partial charge < -0.3 is 5.32 Å². The quantitative estimate of drug-likeness (QED) is 0.383. The fraction of sp³-hybridized carbons (Fsp3) is 0.0870. The largest absolute Gasteiger partial charge is 0.348 e. The number of halogens is 2. The molecule has 0 atom stereocenters. The number of rotatable bonds is 8. The van der Waals surface area contributed by atoms with Gasteiger partial charge in [-0.1, -0.05) is 35.9 Å². The van der Waals surface area contributed by atoms with Crippen molar-refractivity contribution in [2.45, 2.75) is 18.0 Å². The number of hydrogen-bond donors (Lipinski definition) is 2. The molecule has 1 aromatic heterocycles. The Kier molecular flexibility index (Phi) is 6.90. The summed E-state index contributed by atoms with van der Waals surface area (Å²) in [5.41, 5.74) is 2.19. The van der Waals surface area contributed by atoms with Gasteiger partial charge in [-0.15, -0.1) is 0 Å². The average Bonchev–Trinajstić information content (AvgIpc) is 3.33. The molecule has 0 saturated heterocycles. The predicted molar refractivity (Wildman–Crippen MR) is 125 cm³/mol. The zero-order valence-electron chi connectivity index (χ0n) is 17.7. The van der Waals surface area contributed by atoms with Crippen LogP contribution in [0, 0.1) is 5.82 Å². The minimum absolute atomic E-state index is 0.0381. The second kappa shape index (κ2) is 10.0. The Labute approximate surface area is 200 Å². The second-order valence-electron chi connectivity index (χ2n) is 7.35. The fourth-order valence-corrected chi connectivity index (χ4v) is 4.40. The molecule has 0 radical (unpaired) electrons. The minimum atomic E-state index is -4.02. The standard InChI is InChI=1S/C23H19ClFN5O3S/c24-21-10-5-18(11-22(21)29-34(32,33)20-8-6-19(25)7-9-20)23(31)27-12-16-1-3-17(4-2-16)13-30-15-26-14-28-30/h1-11,14-15,29H,12-13H2,(H,27,31). The van der Waals surface area contributed by atoms with Gasteiger partial charge in [0.2, 0.25) is 0 Å². The van der Waals surface area contributed by atoms with E-state index in [0.717, 1.165) is 35.4 Å². The van der Waals surface area contributed by atoms with Gasteiger partial charge in [-0.2, -0.15) is 5.10 Å².